The number of pyridine rings is 1. The van der Waals surface area contributed by atoms with E-state index >= 15 is 0 Å². The number of hydrogen-bond donors (Lipinski definition) is 1. The number of nitrogens with zero attached hydrogens (tertiary/aromatic N) is 2. The predicted octanol–water partition coefficient (Wildman–Crippen LogP) is 2.37. The fraction of sp³-hybridized carbons (Fsp3) is 0.615. The molecule has 1 N–H and O–H groups in total. The summed E-state index contributed by atoms with van der Waals surface area (Å²) < 4.78 is 0. The van der Waals surface area contributed by atoms with Crippen LogP contribution < -0.4 is 4.90 Å². The van der Waals surface area contributed by atoms with E-state index in [-0.39, 0.29) is 0 Å². The van der Waals surface area contributed by atoms with E-state index in [0.717, 1.165) is 30.4 Å². The van der Waals surface area contributed by atoms with Crippen LogP contribution in [0.15, 0.2) is 18.3 Å². The van der Waals surface area contributed by atoms with Gasteiger partial charge in [-0.1, -0.05) is 13.0 Å². The Balaban J connectivity index is 2.25. The lowest BCUT2D eigenvalue weighted by atomic mass is 9.99. The molecule has 1 aliphatic rings. The summed E-state index contributed by atoms with van der Waals surface area (Å²) in [5, 5.41) is 9.73. The largest absolute Gasteiger partial charge is 0.389 e. The first kappa shape index (κ1) is 11.4. The van der Waals surface area contributed by atoms with Crippen LogP contribution >= 0.6 is 0 Å². The van der Waals surface area contributed by atoms with Crippen LogP contribution in [-0.4, -0.2) is 23.2 Å². The van der Waals surface area contributed by atoms with Crippen LogP contribution in [0.25, 0.3) is 0 Å². The zero-order valence-electron chi connectivity index (χ0n) is 10.1. The standard InChI is InChI=1S/C13H20N2O/c1-10-5-4-8-15(9-10)13-12(11(2)16)6-3-7-14-13/h3,6-7,10-11,16H,4-5,8-9H2,1-2H3. The minimum absolute atomic E-state index is 0.444. The molecule has 2 unspecified atom stereocenters. The van der Waals surface area contributed by atoms with Crippen molar-refractivity contribution in [3.05, 3.63) is 23.9 Å². The normalized spacial score (nSPS) is 23.2. The Labute approximate surface area is 97.1 Å². The highest BCUT2D eigenvalue weighted by atomic mass is 16.3. The van der Waals surface area contributed by atoms with Crippen molar-refractivity contribution in [2.24, 2.45) is 5.92 Å². The second kappa shape index (κ2) is 4.83. The summed E-state index contributed by atoms with van der Waals surface area (Å²) in [6.45, 7) is 6.18. The van der Waals surface area contributed by atoms with Gasteiger partial charge in [0.2, 0.25) is 0 Å². The molecule has 2 rings (SSSR count). The van der Waals surface area contributed by atoms with Gasteiger partial charge in [-0.25, -0.2) is 4.98 Å². The first-order chi connectivity index (χ1) is 7.68. The highest BCUT2D eigenvalue weighted by Gasteiger charge is 2.20. The van der Waals surface area contributed by atoms with Gasteiger partial charge in [-0.2, -0.15) is 0 Å². The van der Waals surface area contributed by atoms with Crippen LogP contribution in [0.3, 0.4) is 0 Å². The van der Waals surface area contributed by atoms with Crippen LogP contribution in [0.4, 0.5) is 5.82 Å². The summed E-state index contributed by atoms with van der Waals surface area (Å²) in [6.07, 6.45) is 3.88. The number of anilines is 1. The molecule has 1 aromatic rings. The molecule has 3 nitrogen and oxygen atoms in total. The molecule has 1 saturated heterocycles. The molecule has 3 heteroatoms. The summed E-state index contributed by atoms with van der Waals surface area (Å²) >= 11 is 0. The van der Waals surface area contributed by atoms with Gasteiger partial charge in [-0.15, -0.1) is 0 Å². The summed E-state index contributed by atoms with van der Waals surface area (Å²) in [7, 11) is 0. The number of rotatable bonds is 2. The number of aromatic nitrogens is 1. The van der Waals surface area contributed by atoms with Crippen molar-refractivity contribution in [3.63, 3.8) is 0 Å². The van der Waals surface area contributed by atoms with Crippen molar-refractivity contribution >= 4 is 5.82 Å². The van der Waals surface area contributed by atoms with Gasteiger partial charge in [-0.05, 0) is 31.7 Å². The minimum atomic E-state index is -0.444. The topological polar surface area (TPSA) is 36.4 Å². The van der Waals surface area contributed by atoms with Crippen LogP contribution in [-0.2, 0) is 0 Å². The van der Waals surface area contributed by atoms with Gasteiger partial charge < -0.3 is 10.0 Å². The first-order valence-electron chi connectivity index (χ1n) is 6.06. The monoisotopic (exact) mass is 220 g/mol. The van der Waals surface area contributed by atoms with Crippen molar-refractivity contribution in [3.8, 4) is 0 Å². The van der Waals surface area contributed by atoms with E-state index in [1.807, 2.05) is 12.1 Å². The van der Waals surface area contributed by atoms with Gasteiger partial charge in [0, 0.05) is 24.8 Å². The van der Waals surface area contributed by atoms with Crippen molar-refractivity contribution in [1.82, 2.24) is 4.98 Å². The number of hydrogen-bond acceptors (Lipinski definition) is 3. The molecule has 0 saturated carbocycles. The third-order valence-corrected chi connectivity index (χ3v) is 3.22. The molecule has 0 bridgehead atoms. The van der Waals surface area contributed by atoms with E-state index in [1.54, 1.807) is 13.1 Å². The van der Waals surface area contributed by atoms with Crippen molar-refractivity contribution in [2.45, 2.75) is 32.8 Å². The van der Waals surface area contributed by atoms with Crippen LogP contribution in [0.5, 0.6) is 0 Å². The Morgan fingerprint density at radius 1 is 1.56 bits per heavy atom. The third-order valence-electron chi connectivity index (χ3n) is 3.22. The van der Waals surface area contributed by atoms with E-state index in [0.29, 0.717) is 0 Å². The molecule has 2 heterocycles. The fourth-order valence-electron chi connectivity index (χ4n) is 2.38. The average Bonchev–Trinajstić information content (AvgIpc) is 2.29. The fourth-order valence-corrected chi connectivity index (χ4v) is 2.38. The van der Waals surface area contributed by atoms with Crippen molar-refractivity contribution in [1.29, 1.82) is 0 Å². The Kier molecular flexibility index (Phi) is 3.44. The Morgan fingerprint density at radius 3 is 3.06 bits per heavy atom. The van der Waals surface area contributed by atoms with Crippen LogP contribution in [0.1, 0.15) is 38.4 Å². The van der Waals surface area contributed by atoms with Crippen LogP contribution in [0, 0.1) is 5.92 Å². The summed E-state index contributed by atoms with van der Waals surface area (Å²) in [4.78, 5) is 6.73. The van der Waals surface area contributed by atoms with E-state index in [9.17, 15) is 5.11 Å². The maximum atomic E-state index is 9.73. The number of aliphatic hydroxyl groups excluding tert-OH is 1. The van der Waals surface area contributed by atoms with Crippen LogP contribution in [0.2, 0.25) is 0 Å². The molecular formula is C13H20N2O. The molecule has 1 aliphatic heterocycles. The molecule has 0 amide bonds. The molecule has 0 spiro atoms. The lowest BCUT2D eigenvalue weighted by Gasteiger charge is -2.33. The average molecular weight is 220 g/mol. The molecule has 0 aromatic carbocycles. The van der Waals surface area contributed by atoms with Gasteiger partial charge in [0.1, 0.15) is 5.82 Å². The second-order valence-corrected chi connectivity index (χ2v) is 4.79. The highest BCUT2D eigenvalue weighted by molar-refractivity contribution is 5.48. The SMILES string of the molecule is CC1CCCN(c2ncccc2C(C)O)C1. The number of piperidine rings is 1. The maximum Gasteiger partial charge on any atom is 0.134 e. The smallest absolute Gasteiger partial charge is 0.134 e. The summed E-state index contributed by atoms with van der Waals surface area (Å²) in [5.41, 5.74) is 0.941. The molecule has 1 aromatic heterocycles. The molecule has 88 valence electrons. The zero-order valence-corrected chi connectivity index (χ0v) is 10.1. The van der Waals surface area contributed by atoms with Gasteiger partial charge in [-0.3, -0.25) is 0 Å². The number of aliphatic hydroxyl groups is 1. The molecular weight excluding hydrogens is 200 g/mol. The third kappa shape index (κ3) is 2.35. The molecule has 0 aliphatic carbocycles. The van der Waals surface area contributed by atoms with Gasteiger partial charge in [0.25, 0.3) is 0 Å². The Bertz CT molecular complexity index is 352. The van der Waals surface area contributed by atoms with Gasteiger partial charge >= 0.3 is 0 Å². The van der Waals surface area contributed by atoms with E-state index in [2.05, 4.69) is 16.8 Å². The van der Waals surface area contributed by atoms with Crippen molar-refractivity contribution in [2.75, 3.05) is 18.0 Å². The summed E-state index contributed by atoms with van der Waals surface area (Å²) in [6, 6.07) is 3.85. The Morgan fingerprint density at radius 2 is 2.38 bits per heavy atom. The molecule has 2 atom stereocenters. The predicted molar refractivity (Wildman–Crippen MR) is 65.5 cm³/mol. The minimum Gasteiger partial charge on any atom is -0.389 e. The van der Waals surface area contributed by atoms with Gasteiger partial charge in [0.15, 0.2) is 0 Å². The lowest BCUT2D eigenvalue weighted by molar-refractivity contribution is 0.199. The van der Waals surface area contributed by atoms with E-state index < -0.39 is 6.10 Å². The zero-order chi connectivity index (χ0) is 11.5. The highest BCUT2D eigenvalue weighted by Crippen LogP contribution is 2.27. The maximum absolute atomic E-state index is 9.73. The molecule has 0 radical (unpaired) electrons. The lowest BCUT2D eigenvalue weighted by Crippen LogP contribution is -2.35. The van der Waals surface area contributed by atoms with Gasteiger partial charge in [0.05, 0.1) is 6.10 Å². The first-order valence-corrected chi connectivity index (χ1v) is 6.06. The van der Waals surface area contributed by atoms with Crippen molar-refractivity contribution < 1.29 is 5.11 Å². The second-order valence-electron chi connectivity index (χ2n) is 4.79. The molecule has 1 fully saturated rings. The Hall–Kier alpha value is -1.09. The quantitative estimate of drug-likeness (QED) is 0.831. The molecule has 16 heavy (non-hydrogen) atoms. The summed E-state index contributed by atoms with van der Waals surface area (Å²) in [5.74, 6) is 1.68. The van der Waals surface area contributed by atoms with E-state index in [4.69, 9.17) is 0 Å². The van der Waals surface area contributed by atoms with E-state index in [1.165, 1.54) is 12.8 Å².